The molecule has 1 aromatic carbocycles. The molecule has 9 heteroatoms. The Morgan fingerprint density at radius 3 is 2.42 bits per heavy atom. The third kappa shape index (κ3) is 6.76. The van der Waals surface area contributed by atoms with Crippen molar-refractivity contribution in [1.29, 1.82) is 0 Å². The number of hydrogen-bond acceptors (Lipinski definition) is 5. The molecule has 6 nitrogen and oxygen atoms in total. The molecule has 0 atom stereocenters. The minimum atomic E-state index is -4.44. The molecule has 2 aromatic rings. The molecule has 0 radical (unpaired) electrons. The van der Waals surface area contributed by atoms with E-state index in [4.69, 9.17) is 14.2 Å². The van der Waals surface area contributed by atoms with Crippen molar-refractivity contribution in [2.45, 2.75) is 57.9 Å². The number of carbonyl (C=O) groups is 1. The predicted molar refractivity (Wildman–Crippen MR) is 116 cm³/mol. The molecular formula is C24H29F3N2O4. The van der Waals surface area contributed by atoms with Gasteiger partial charge in [-0.3, -0.25) is 0 Å². The lowest BCUT2D eigenvalue weighted by molar-refractivity contribution is -0.137. The number of pyridine rings is 1. The van der Waals surface area contributed by atoms with Gasteiger partial charge in [-0.1, -0.05) is 12.1 Å². The van der Waals surface area contributed by atoms with E-state index >= 15 is 0 Å². The van der Waals surface area contributed by atoms with Crippen LogP contribution in [0.4, 0.5) is 18.0 Å². The summed E-state index contributed by atoms with van der Waals surface area (Å²) in [6.07, 6.45) is -3.25. The fraction of sp³-hybridized carbons (Fsp3) is 0.500. The van der Waals surface area contributed by atoms with Gasteiger partial charge in [0.2, 0.25) is 5.88 Å². The average molecular weight is 467 g/mol. The molecule has 1 fully saturated rings. The van der Waals surface area contributed by atoms with E-state index in [1.54, 1.807) is 11.0 Å². The summed E-state index contributed by atoms with van der Waals surface area (Å²) in [5, 5.41) is 0. The number of halogens is 3. The van der Waals surface area contributed by atoms with E-state index in [1.165, 1.54) is 13.2 Å². The molecule has 0 spiro atoms. The number of aromatic nitrogens is 1. The average Bonchev–Trinajstić information content (AvgIpc) is 2.76. The molecular weight excluding hydrogens is 437 g/mol. The van der Waals surface area contributed by atoms with Gasteiger partial charge in [0.25, 0.3) is 0 Å². The van der Waals surface area contributed by atoms with Gasteiger partial charge in [-0.15, -0.1) is 0 Å². The zero-order chi connectivity index (χ0) is 24.2. The van der Waals surface area contributed by atoms with E-state index in [-0.39, 0.29) is 24.4 Å². The van der Waals surface area contributed by atoms with Crippen molar-refractivity contribution in [3.63, 3.8) is 0 Å². The minimum absolute atomic E-state index is 0.0227. The molecule has 1 saturated heterocycles. The highest BCUT2D eigenvalue weighted by atomic mass is 19.4. The van der Waals surface area contributed by atoms with E-state index in [0.29, 0.717) is 24.5 Å². The van der Waals surface area contributed by atoms with Crippen LogP contribution in [-0.2, 0) is 17.5 Å². The van der Waals surface area contributed by atoms with E-state index in [1.807, 2.05) is 32.9 Å². The van der Waals surface area contributed by atoms with Crippen LogP contribution in [0, 0.1) is 0 Å². The number of carbonyl (C=O) groups excluding carboxylic acids is 1. The normalized spacial score (nSPS) is 15.3. The molecule has 3 rings (SSSR count). The molecule has 33 heavy (non-hydrogen) atoms. The first-order chi connectivity index (χ1) is 15.5. The summed E-state index contributed by atoms with van der Waals surface area (Å²) in [6, 6.07) is 8.76. The highest BCUT2D eigenvalue weighted by Crippen LogP contribution is 2.34. The van der Waals surface area contributed by atoms with Crippen molar-refractivity contribution < 1.29 is 32.2 Å². The number of nitrogens with zero attached hydrogens (tertiary/aromatic N) is 2. The van der Waals surface area contributed by atoms with Crippen LogP contribution in [0.15, 0.2) is 36.4 Å². The number of likely N-dealkylation sites (tertiary alicyclic amines) is 1. The molecule has 1 amide bonds. The summed E-state index contributed by atoms with van der Waals surface area (Å²) < 4.78 is 55.1. The number of methoxy groups -OCH3 is 1. The number of hydrogen-bond donors (Lipinski definition) is 0. The zero-order valence-corrected chi connectivity index (χ0v) is 19.2. The summed E-state index contributed by atoms with van der Waals surface area (Å²) in [6.45, 7) is 6.70. The number of rotatable bonds is 5. The molecule has 0 saturated carbocycles. The topological polar surface area (TPSA) is 60.9 Å². The molecule has 1 aliphatic heterocycles. The Hall–Kier alpha value is -2.97. The monoisotopic (exact) mass is 466 g/mol. The van der Waals surface area contributed by atoms with E-state index < -0.39 is 17.3 Å². The second-order valence-electron chi connectivity index (χ2n) is 8.96. The second kappa shape index (κ2) is 9.89. The quantitative estimate of drug-likeness (QED) is 0.557. The standard InChI is InChI=1S/C24H29F3N2O4/c1-23(2,3)33-22(30)29-12-10-16(11-13-29)19-6-5-7-21(28-19)32-15-17-8-9-18(24(25,26)27)14-20(17)31-4/h5-9,14,16H,10-13,15H2,1-4H3. The number of piperidine rings is 1. The molecule has 0 aliphatic carbocycles. The lowest BCUT2D eigenvalue weighted by Crippen LogP contribution is -2.41. The van der Waals surface area contributed by atoms with Crippen LogP contribution in [0.5, 0.6) is 11.6 Å². The molecule has 2 heterocycles. The van der Waals surface area contributed by atoms with Crippen LogP contribution < -0.4 is 9.47 Å². The Balaban J connectivity index is 1.60. The van der Waals surface area contributed by atoms with Crippen LogP contribution in [0.3, 0.4) is 0 Å². The summed E-state index contributed by atoms with van der Waals surface area (Å²) in [5.74, 6) is 0.660. The van der Waals surface area contributed by atoms with Gasteiger partial charge in [0.1, 0.15) is 18.0 Å². The molecule has 0 unspecified atom stereocenters. The predicted octanol–water partition coefficient (Wildman–Crippen LogP) is 5.80. The Morgan fingerprint density at radius 2 is 1.82 bits per heavy atom. The summed E-state index contributed by atoms with van der Waals surface area (Å²) >= 11 is 0. The van der Waals surface area contributed by atoms with Crippen molar-refractivity contribution in [3.8, 4) is 11.6 Å². The minimum Gasteiger partial charge on any atom is -0.496 e. The fourth-order valence-corrected chi connectivity index (χ4v) is 3.61. The Bertz CT molecular complexity index is 965. The molecule has 1 aromatic heterocycles. The maximum Gasteiger partial charge on any atom is 0.416 e. The lowest BCUT2D eigenvalue weighted by Gasteiger charge is -2.33. The largest absolute Gasteiger partial charge is 0.496 e. The van der Waals surface area contributed by atoms with Crippen LogP contribution in [0.1, 0.15) is 56.4 Å². The maximum atomic E-state index is 12.9. The first-order valence-corrected chi connectivity index (χ1v) is 10.8. The number of ether oxygens (including phenoxy) is 3. The first kappa shape index (κ1) is 24.7. The summed E-state index contributed by atoms with van der Waals surface area (Å²) in [4.78, 5) is 18.5. The van der Waals surface area contributed by atoms with Crippen LogP contribution in [0.25, 0.3) is 0 Å². The van der Waals surface area contributed by atoms with Crippen molar-refractivity contribution in [2.24, 2.45) is 0 Å². The van der Waals surface area contributed by atoms with E-state index in [0.717, 1.165) is 30.7 Å². The van der Waals surface area contributed by atoms with Crippen molar-refractivity contribution in [2.75, 3.05) is 20.2 Å². The van der Waals surface area contributed by atoms with E-state index in [2.05, 4.69) is 4.98 Å². The van der Waals surface area contributed by atoms with Crippen molar-refractivity contribution in [3.05, 3.63) is 53.2 Å². The van der Waals surface area contributed by atoms with Crippen molar-refractivity contribution >= 4 is 6.09 Å². The fourth-order valence-electron chi connectivity index (χ4n) is 3.61. The number of benzene rings is 1. The molecule has 0 bridgehead atoms. The zero-order valence-electron chi connectivity index (χ0n) is 19.2. The van der Waals surface area contributed by atoms with Gasteiger partial charge in [-0.2, -0.15) is 13.2 Å². The Morgan fingerprint density at radius 1 is 1.12 bits per heavy atom. The summed E-state index contributed by atoms with van der Waals surface area (Å²) in [7, 11) is 1.32. The summed E-state index contributed by atoms with van der Waals surface area (Å²) in [5.41, 5.74) is 0.0386. The van der Waals surface area contributed by atoms with Crippen LogP contribution >= 0.6 is 0 Å². The number of amides is 1. The highest BCUT2D eigenvalue weighted by molar-refractivity contribution is 5.68. The molecule has 180 valence electrons. The van der Waals surface area contributed by atoms with Crippen LogP contribution in [-0.4, -0.2) is 41.8 Å². The van der Waals surface area contributed by atoms with Gasteiger partial charge in [0.05, 0.1) is 12.7 Å². The SMILES string of the molecule is COc1cc(C(F)(F)F)ccc1COc1cccc(C2CCN(C(=O)OC(C)(C)C)CC2)n1. The smallest absolute Gasteiger partial charge is 0.416 e. The molecule has 1 aliphatic rings. The first-order valence-electron chi connectivity index (χ1n) is 10.8. The van der Waals surface area contributed by atoms with Crippen molar-refractivity contribution in [1.82, 2.24) is 9.88 Å². The third-order valence-corrected chi connectivity index (χ3v) is 5.30. The second-order valence-corrected chi connectivity index (χ2v) is 8.96. The number of alkyl halides is 3. The van der Waals surface area contributed by atoms with Gasteiger partial charge in [-0.25, -0.2) is 9.78 Å². The Kier molecular flexibility index (Phi) is 7.39. The van der Waals surface area contributed by atoms with Gasteiger partial charge in [0.15, 0.2) is 0 Å². The lowest BCUT2D eigenvalue weighted by atomic mass is 9.93. The maximum absolute atomic E-state index is 12.9. The Labute approximate surface area is 191 Å². The van der Waals surface area contributed by atoms with E-state index in [9.17, 15) is 18.0 Å². The van der Waals surface area contributed by atoms with Crippen LogP contribution in [0.2, 0.25) is 0 Å². The van der Waals surface area contributed by atoms with Gasteiger partial charge >= 0.3 is 12.3 Å². The third-order valence-electron chi connectivity index (χ3n) is 5.30. The van der Waals surface area contributed by atoms with Gasteiger partial charge < -0.3 is 19.1 Å². The van der Waals surface area contributed by atoms with Gasteiger partial charge in [0, 0.05) is 36.3 Å². The van der Waals surface area contributed by atoms with Gasteiger partial charge in [-0.05, 0) is 51.8 Å². The highest BCUT2D eigenvalue weighted by Gasteiger charge is 2.31. The molecule has 0 N–H and O–H groups in total.